The fourth-order valence-corrected chi connectivity index (χ4v) is 4.84. The van der Waals surface area contributed by atoms with E-state index in [0.29, 0.717) is 44.4 Å². The summed E-state index contributed by atoms with van der Waals surface area (Å²) in [6.07, 6.45) is 0.615. The molecule has 1 saturated carbocycles. The molecule has 4 rings (SSSR count). The quantitative estimate of drug-likeness (QED) is 0.356. The molecule has 1 aliphatic heterocycles. The molecule has 220 valence electrons. The first-order valence-electron chi connectivity index (χ1n) is 13.6. The van der Waals surface area contributed by atoms with Gasteiger partial charge in [-0.05, 0) is 56.4 Å². The summed E-state index contributed by atoms with van der Waals surface area (Å²) < 4.78 is 40.8. The van der Waals surface area contributed by atoms with Gasteiger partial charge in [-0.3, -0.25) is 19.8 Å². The topological polar surface area (TPSA) is 109 Å². The van der Waals surface area contributed by atoms with Crippen molar-refractivity contribution in [3.05, 3.63) is 71.9 Å². The summed E-state index contributed by atoms with van der Waals surface area (Å²) in [5.41, 5.74) is 3.88. The SMILES string of the molecule is C[C@@H](CCCNC(=O)C1CCCC(NC(=O)c2ccc(OC(F)(F)F)cc2)C1)C(=O)N1NC=C(c2ccccc2)O1. The number of hydrazine groups is 1. The molecule has 3 amide bonds. The van der Waals surface area contributed by atoms with Gasteiger partial charge in [0.15, 0.2) is 5.76 Å². The van der Waals surface area contributed by atoms with Crippen LogP contribution in [0.4, 0.5) is 13.2 Å². The van der Waals surface area contributed by atoms with Gasteiger partial charge < -0.3 is 20.2 Å². The Morgan fingerprint density at radius 2 is 1.83 bits per heavy atom. The average molecular weight is 575 g/mol. The van der Waals surface area contributed by atoms with Crippen molar-refractivity contribution in [1.82, 2.24) is 21.2 Å². The van der Waals surface area contributed by atoms with E-state index in [9.17, 15) is 27.6 Å². The van der Waals surface area contributed by atoms with Gasteiger partial charge >= 0.3 is 6.36 Å². The smallest absolute Gasteiger partial charge is 0.406 e. The van der Waals surface area contributed by atoms with Crippen LogP contribution in [0.2, 0.25) is 0 Å². The van der Waals surface area contributed by atoms with Crippen molar-refractivity contribution in [3.8, 4) is 5.75 Å². The second kappa shape index (κ2) is 13.4. The summed E-state index contributed by atoms with van der Waals surface area (Å²) in [6, 6.07) is 13.9. The van der Waals surface area contributed by atoms with Crippen LogP contribution in [0.1, 0.15) is 61.4 Å². The molecule has 3 N–H and O–H groups in total. The maximum atomic E-state index is 12.8. The molecule has 0 spiro atoms. The van der Waals surface area contributed by atoms with Crippen molar-refractivity contribution in [3.63, 3.8) is 0 Å². The van der Waals surface area contributed by atoms with Crippen molar-refractivity contribution < 1.29 is 37.1 Å². The molecular weight excluding hydrogens is 541 g/mol. The minimum absolute atomic E-state index is 0.0992. The average Bonchev–Trinajstić information content (AvgIpc) is 3.45. The molecule has 12 heteroatoms. The predicted octanol–water partition coefficient (Wildman–Crippen LogP) is 4.68. The third-order valence-electron chi connectivity index (χ3n) is 7.03. The number of ether oxygens (including phenoxy) is 1. The van der Waals surface area contributed by atoms with Crippen LogP contribution in [0.15, 0.2) is 60.8 Å². The highest BCUT2D eigenvalue weighted by Gasteiger charge is 2.32. The summed E-state index contributed by atoms with van der Waals surface area (Å²) in [4.78, 5) is 43.7. The molecule has 2 aliphatic rings. The van der Waals surface area contributed by atoms with E-state index in [1.807, 2.05) is 30.3 Å². The summed E-state index contributed by atoms with van der Waals surface area (Å²) in [5.74, 6) is -1.18. The first-order chi connectivity index (χ1) is 19.6. The number of rotatable bonds is 10. The van der Waals surface area contributed by atoms with Crippen LogP contribution >= 0.6 is 0 Å². The van der Waals surface area contributed by atoms with Crippen LogP contribution in [0.5, 0.6) is 5.75 Å². The van der Waals surface area contributed by atoms with Gasteiger partial charge in [-0.15, -0.1) is 13.2 Å². The van der Waals surface area contributed by atoms with E-state index in [-0.39, 0.29) is 35.3 Å². The monoisotopic (exact) mass is 574 g/mol. The second-order valence-corrected chi connectivity index (χ2v) is 10.2. The standard InChI is InChI=1S/C29H33F3N4O5/c1-19(28(39)36-34-18-25(41-36)20-8-3-2-4-9-20)7-6-16-33-26(37)22-10-5-11-23(17-22)35-27(38)21-12-14-24(15-13-21)40-29(30,31)32/h2-4,8-9,12-15,18-19,22-23,34H,5-7,10-11,16-17H2,1H3,(H,33,37)(H,35,38)/t19-,22?,23?/m0/s1. The van der Waals surface area contributed by atoms with Crippen LogP contribution in [0, 0.1) is 11.8 Å². The molecule has 0 aromatic heterocycles. The molecule has 0 radical (unpaired) electrons. The first-order valence-corrected chi connectivity index (χ1v) is 13.6. The molecule has 1 aliphatic carbocycles. The van der Waals surface area contributed by atoms with Crippen LogP contribution in [0.25, 0.3) is 5.76 Å². The van der Waals surface area contributed by atoms with E-state index in [4.69, 9.17) is 4.84 Å². The van der Waals surface area contributed by atoms with Crippen molar-refractivity contribution in [2.24, 2.45) is 11.8 Å². The summed E-state index contributed by atoms with van der Waals surface area (Å²) >= 11 is 0. The number of halogens is 3. The Balaban J connectivity index is 1.15. The van der Waals surface area contributed by atoms with Crippen molar-refractivity contribution in [2.45, 2.75) is 57.9 Å². The number of benzene rings is 2. The number of alkyl halides is 3. The molecule has 3 atom stereocenters. The van der Waals surface area contributed by atoms with Gasteiger partial charge in [0, 0.05) is 35.5 Å². The minimum Gasteiger partial charge on any atom is -0.406 e. The van der Waals surface area contributed by atoms with Gasteiger partial charge in [-0.25, -0.2) is 0 Å². The molecule has 1 fully saturated rings. The van der Waals surface area contributed by atoms with E-state index in [0.717, 1.165) is 29.3 Å². The van der Waals surface area contributed by atoms with E-state index in [1.54, 1.807) is 13.1 Å². The summed E-state index contributed by atoms with van der Waals surface area (Å²) in [5, 5.41) is 6.93. The minimum atomic E-state index is -4.80. The summed E-state index contributed by atoms with van der Waals surface area (Å²) in [7, 11) is 0. The Hall–Kier alpha value is -4.22. The number of nitrogens with one attached hydrogen (secondary N) is 3. The highest BCUT2D eigenvalue weighted by atomic mass is 19.4. The molecule has 0 bridgehead atoms. The fourth-order valence-electron chi connectivity index (χ4n) is 4.84. The molecule has 2 unspecified atom stereocenters. The molecular formula is C29H33F3N4O5. The zero-order valence-corrected chi connectivity index (χ0v) is 22.6. The van der Waals surface area contributed by atoms with Crippen molar-refractivity contribution >= 4 is 23.5 Å². The second-order valence-electron chi connectivity index (χ2n) is 10.2. The zero-order chi connectivity index (χ0) is 29.4. The lowest BCUT2D eigenvalue weighted by Gasteiger charge is -2.29. The summed E-state index contributed by atoms with van der Waals surface area (Å²) in [6.45, 7) is 2.22. The van der Waals surface area contributed by atoms with Crippen LogP contribution in [-0.2, 0) is 14.4 Å². The number of hydrogen-bond donors (Lipinski definition) is 3. The lowest BCUT2D eigenvalue weighted by molar-refractivity contribution is -0.274. The van der Waals surface area contributed by atoms with Crippen LogP contribution < -0.4 is 20.8 Å². The number of hydrogen-bond acceptors (Lipinski definition) is 6. The Bertz CT molecular complexity index is 1240. The molecule has 0 saturated heterocycles. The number of carbonyl (C=O) groups is 3. The van der Waals surface area contributed by atoms with Crippen molar-refractivity contribution in [1.29, 1.82) is 0 Å². The zero-order valence-electron chi connectivity index (χ0n) is 22.6. The maximum absolute atomic E-state index is 12.8. The molecule has 9 nitrogen and oxygen atoms in total. The van der Waals surface area contributed by atoms with E-state index < -0.39 is 18.0 Å². The van der Waals surface area contributed by atoms with Gasteiger partial charge in [0.25, 0.3) is 11.8 Å². The van der Waals surface area contributed by atoms with Gasteiger partial charge in [0.2, 0.25) is 5.91 Å². The highest BCUT2D eigenvalue weighted by Crippen LogP contribution is 2.26. The number of hydroxylamine groups is 1. The number of nitrogens with zero attached hydrogens (tertiary/aromatic N) is 1. The van der Waals surface area contributed by atoms with E-state index >= 15 is 0 Å². The van der Waals surface area contributed by atoms with Crippen LogP contribution in [-0.4, -0.2) is 41.8 Å². The largest absolute Gasteiger partial charge is 0.573 e. The Morgan fingerprint density at radius 3 is 2.54 bits per heavy atom. The van der Waals surface area contributed by atoms with Gasteiger partial charge in [-0.2, -0.15) is 0 Å². The van der Waals surface area contributed by atoms with Crippen molar-refractivity contribution in [2.75, 3.05) is 6.54 Å². The van der Waals surface area contributed by atoms with Gasteiger partial charge in [0.1, 0.15) is 5.75 Å². The Morgan fingerprint density at radius 1 is 1.10 bits per heavy atom. The third-order valence-corrected chi connectivity index (χ3v) is 7.03. The maximum Gasteiger partial charge on any atom is 0.573 e. The lowest BCUT2D eigenvalue weighted by Crippen LogP contribution is -2.42. The lowest BCUT2D eigenvalue weighted by atomic mass is 9.85. The van der Waals surface area contributed by atoms with Gasteiger partial charge in [-0.1, -0.05) is 48.8 Å². The highest BCUT2D eigenvalue weighted by molar-refractivity contribution is 5.94. The Labute approximate surface area is 236 Å². The third kappa shape index (κ3) is 8.63. The molecule has 2 aromatic carbocycles. The number of carbonyl (C=O) groups excluding carboxylic acids is 3. The molecule has 41 heavy (non-hydrogen) atoms. The predicted molar refractivity (Wildman–Crippen MR) is 143 cm³/mol. The first kappa shape index (κ1) is 29.8. The molecule has 1 heterocycles. The van der Waals surface area contributed by atoms with Gasteiger partial charge in [0.05, 0.1) is 6.20 Å². The van der Waals surface area contributed by atoms with E-state index in [2.05, 4.69) is 20.8 Å². The fraction of sp³-hybridized carbons (Fsp3) is 0.414. The van der Waals surface area contributed by atoms with Crippen LogP contribution in [0.3, 0.4) is 0 Å². The normalized spacial score (nSPS) is 19.3. The number of amides is 3. The Kier molecular flexibility index (Phi) is 9.74. The molecule has 2 aromatic rings. The van der Waals surface area contributed by atoms with E-state index in [1.165, 1.54) is 12.1 Å².